The Labute approximate surface area is 238 Å². The molecule has 4 heterocycles. The number of fused-ring (bicyclic) bond motifs is 3. The van der Waals surface area contributed by atoms with Gasteiger partial charge in [0.15, 0.2) is 0 Å². The van der Waals surface area contributed by atoms with Crippen molar-refractivity contribution in [3.05, 3.63) is 109 Å². The Morgan fingerprint density at radius 3 is 2.18 bits per heavy atom. The van der Waals surface area contributed by atoms with Crippen molar-refractivity contribution >= 4 is 35.3 Å². The molecule has 0 aliphatic heterocycles. The average Bonchev–Trinajstić information content (AvgIpc) is 3.27. The third-order valence-electron chi connectivity index (χ3n) is 6.22. The molecule has 0 aliphatic carbocycles. The van der Waals surface area contributed by atoms with E-state index in [0.717, 1.165) is 44.6 Å². The summed E-state index contributed by atoms with van der Waals surface area (Å²) >= 11 is 0. The van der Waals surface area contributed by atoms with Crippen molar-refractivity contribution in [1.82, 2.24) is 15.0 Å². The molecular weight excluding hydrogens is 663 g/mol. The maximum absolute atomic E-state index is 6.04. The molecule has 6 aromatic rings. The van der Waals surface area contributed by atoms with Crippen molar-refractivity contribution in [3.8, 4) is 22.5 Å². The predicted octanol–water partition coefficient (Wildman–Crippen LogP) is 7.55. The molecule has 0 aliphatic rings. The minimum Gasteiger partial charge on any atom is -0.486 e. The minimum absolute atomic E-state index is 0. The number of hydrogen-bond donors (Lipinski definition) is 0. The molecule has 0 amide bonds. The Kier molecular flexibility index (Phi) is 8.37. The molecule has 0 atom stereocenters. The topological polar surface area (TPSA) is 51.8 Å². The standard InChI is InChI=1S/C20H19N2OSi.C12H10N.Ir/c1-13-8-10-16-15-6-5-7-17(19(15)23-20(16)22-13)18-11-9-14(12-21-18)24(2,3)4;1-10-7-8-12(13-9-10)11-5-3-2-4-6-11;/h5-6,8-12H,1-4H3;2-5,7-9H,1H3;/q2*-1;. The zero-order valence-corrected chi connectivity index (χ0v) is 25.6. The van der Waals surface area contributed by atoms with Crippen LogP contribution in [-0.2, 0) is 20.1 Å². The monoisotopic (exact) mass is 692 g/mol. The van der Waals surface area contributed by atoms with Crippen LogP contribution in [0.5, 0.6) is 0 Å². The largest absolute Gasteiger partial charge is 0.486 e. The Balaban J connectivity index is 0.000000204. The van der Waals surface area contributed by atoms with E-state index in [9.17, 15) is 0 Å². The number of aromatic nitrogens is 3. The van der Waals surface area contributed by atoms with Gasteiger partial charge in [-0.05, 0) is 48.1 Å². The number of nitrogens with zero attached hydrogens (tertiary/aromatic N) is 3. The fourth-order valence-corrected chi connectivity index (χ4v) is 5.11. The van der Waals surface area contributed by atoms with Crippen LogP contribution in [0.15, 0.2) is 89.6 Å². The van der Waals surface area contributed by atoms with E-state index in [4.69, 9.17) is 4.42 Å². The molecule has 0 N–H and O–H groups in total. The summed E-state index contributed by atoms with van der Waals surface area (Å²) in [6.07, 6.45) is 3.87. The predicted molar refractivity (Wildman–Crippen MR) is 155 cm³/mol. The van der Waals surface area contributed by atoms with Crippen LogP contribution in [0.1, 0.15) is 11.3 Å². The normalized spacial score (nSPS) is 11.1. The number of hydrogen-bond acceptors (Lipinski definition) is 4. The quantitative estimate of drug-likeness (QED) is 0.142. The van der Waals surface area contributed by atoms with Crippen LogP contribution in [0, 0.1) is 26.0 Å². The first-order valence-electron chi connectivity index (χ1n) is 12.4. The van der Waals surface area contributed by atoms with Gasteiger partial charge in [0.05, 0.1) is 13.7 Å². The van der Waals surface area contributed by atoms with Gasteiger partial charge in [-0.1, -0.05) is 54.9 Å². The maximum atomic E-state index is 6.04. The van der Waals surface area contributed by atoms with E-state index in [1.54, 1.807) is 0 Å². The van der Waals surface area contributed by atoms with Crippen molar-refractivity contribution in [1.29, 1.82) is 0 Å². The van der Waals surface area contributed by atoms with Crippen molar-refractivity contribution < 1.29 is 24.5 Å². The maximum Gasteiger partial charge on any atom is 0.216 e. The van der Waals surface area contributed by atoms with Gasteiger partial charge in [0.1, 0.15) is 0 Å². The summed E-state index contributed by atoms with van der Waals surface area (Å²) in [5.41, 5.74) is 7.41. The third-order valence-corrected chi connectivity index (χ3v) is 8.25. The van der Waals surface area contributed by atoms with E-state index >= 15 is 0 Å². The first-order chi connectivity index (χ1) is 17.8. The van der Waals surface area contributed by atoms with Gasteiger partial charge < -0.3 is 14.4 Å². The van der Waals surface area contributed by atoms with E-state index in [1.165, 1.54) is 10.8 Å². The second-order valence-corrected chi connectivity index (χ2v) is 15.3. The number of furan rings is 1. The van der Waals surface area contributed by atoms with Crippen LogP contribution in [0.25, 0.3) is 44.6 Å². The van der Waals surface area contributed by atoms with Gasteiger partial charge in [-0.25, -0.2) is 4.98 Å². The minimum atomic E-state index is -1.35. The van der Waals surface area contributed by atoms with E-state index < -0.39 is 8.07 Å². The summed E-state index contributed by atoms with van der Waals surface area (Å²) in [6, 6.07) is 30.7. The van der Waals surface area contributed by atoms with Crippen molar-refractivity contribution in [2.24, 2.45) is 0 Å². The Hall–Kier alpha value is -3.44. The number of pyridine rings is 3. The smallest absolute Gasteiger partial charge is 0.216 e. The molecule has 1 radical (unpaired) electrons. The van der Waals surface area contributed by atoms with Gasteiger partial charge in [0, 0.05) is 43.6 Å². The molecule has 0 saturated carbocycles. The van der Waals surface area contributed by atoms with E-state index in [1.807, 2.05) is 74.8 Å². The van der Waals surface area contributed by atoms with Gasteiger partial charge in [-0.2, -0.15) is 0 Å². The second-order valence-electron chi connectivity index (χ2n) is 10.2. The zero-order chi connectivity index (χ0) is 26.0. The van der Waals surface area contributed by atoms with Crippen LogP contribution < -0.4 is 5.19 Å². The average molecular weight is 692 g/mol. The fourth-order valence-electron chi connectivity index (χ4n) is 4.07. The van der Waals surface area contributed by atoms with Crippen LogP contribution in [-0.4, -0.2) is 23.0 Å². The van der Waals surface area contributed by atoms with Gasteiger partial charge in [-0.15, -0.1) is 54.1 Å². The van der Waals surface area contributed by atoms with Gasteiger partial charge in [0.25, 0.3) is 0 Å². The third kappa shape index (κ3) is 5.99. The van der Waals surface area contributed by atoms with E-state index in [2.05, 4.69) is 71.0 Å². The Bertz CT molecular complexity index is 1660. The zero-order valence-electron chi connectivity index (χ0n) is 22.2. The summed E-state index contributed by atoms with van der Waals surface area (Å²) < 4.78 is 6.04. The van der Waals surface area contributed by atoms with Gasteiger partial charge >= 0.3 is 0 Å². The number of rotatable bonds is 3. The Morgan fingerprint density at radius 1 is 0.737 bits per heavy atom. The van der Waals surface area contributed by atoms with Crippen LogP contribution in [0.2, 0.25) is 19.6 Å². The molecule has 2 aromatic carbocycles. The van der Waals surface area contributed by atoms with Crippen molar-refractivity contribution in [2.45, 2.75) is 33.5 Å². The number of benzene rings is 2. The molecule has 38 heavy (non-hydrogen) atoms. The van der Waals surface area contributed by atoms with Crippen LogP contribution in [0.4, 0.5) is 0 Å². The summed E-state index contributed by atoms with van der Waals surface area (Å²) in [5.74, 6) is 0. The van der Waals surface area contributed by atoms with Gasteiger partial charge in [0.2, 0.25) is 5.71 Å². The molecule has 193 valence electrons. The van der Waals surface area contributed by atoms with E-state index in [0.29, 0.717) is 5.71 Å². The molecule has 0 bridgehead atoms. The summed E-state index contributed by atoms with van der Waals surface area (Å²) in [6.45, 7) is 11.0. The molecule has 4 nitrogen and oxygen atoms in total. The molecule has 0 spiro atoms. The molecule has 4 aromatic heterocycles. The fraction of sp³-hybridized carbons (Fsp3) is 0.156. The first kappa shape index (κ1) is 27.6. The SMILES string of the molecule is Cc1ccc(-c2[c-]cccc2)nc1.Cc1ccc2c(n1)oc1c(-c3ccc([Si](C)(C)C)cn3)[c-]ccc12.[Ir]. The molecule has 6 heteroatoms. The van der Waals surface area contributed by atoms with E-state index in [-0.39, 0.29) is 20.1 Å². The molecule has 6 rings (SSSR count). The van der Waals surface area contributed by atoms with Crippen molar-refractivity contribution in [3.63, 3.8) is 0 Å². The second kappa shape index (κ2) is 11.5. The van der Waals surface area contributed by atoms with Crippen LogP contribution in [0.3, 0.4) is 0 Å². The Morgan fingerprint density at radius 2 is 1.53 bits per heavy atom. The number of aryl methyl sites for hydroxylation is 2. The first-order valence-corrected chi connectivity index (χ1v) is 15.9. The van der Waals surface area contributed by atoms with Crippen molar-refractivity contribution in [2.75, 3.05) is 0 Å². The molecular formula is C32H29IrN3OSi-2. The molecule has 0 fully saturated rings. The molecule has 0 saturated heterocycles. The summed E-state index contributed by atoms with van der Waals surface area (Å²) in [5, 5.41) is 3.44. The van der Waals surface area contributed by atoms with Gasteiger partial charge in [-0.3, -0.25) is 0 Å². The molecule has 0 unspecified atom stereocenters. The summed E-state index contributed by atoms with van der Waals surface area (Å²) in [4.78, 5) is 13.5. The summed E-state index contributed by atoms with van der Waals surface area (Å²) in [7, 11) is -1.35. The van der Waals surface area contributed by atoms with Crippen LogP contribution >= 0.6 is 0 Å².